The van der Waals surface area contributed by atoms with Crippen LogP contribution in [-0.2, 0) is 13.1 Å². The second-order valence-electron chi connectivity index (χ2n) is 4.80. The Labute approximate surface area is 114 Å². The van der Waals surface area contributed by atoms with Gasteiger partial charge in [0.1, 0.15) is 11.5 Å². The van der Waals surface area contributed by atoms with Gasteiger partial charge in [0.2, 0.25) is 0 Å². The highest BCUT2D eigenvalue weighted by Gasteiger charge is 2.15. The molecule has 0 aliphatic carbocycles. The summed E-state index contributed by atoms with van der Waals surface area (Å²) in [4.78, 5) is 0. The third-order valence-electron chi connectivity index (χ3n) is 3.32. The van der Waals surface area contributed by atoms with Crippen molar-refractivity contribution in [2.24, 2.45) is 0 Å². The van der Waals surface area contributed by atoms with Crippen molar-refractivity contribution in [2.45, 2.75) is 47.2 Å². The van der Waals surface area contributed by atoms with Gasteiger partial charge >= 0.3 is 0 Å². The number of hydrogen-bond acceptors (Lipinski definition) is 3. The highest BCUT2D eigenvalue weighted by molar-refractivity contribution is 5.63. The van der Waals surface area contributed by atoms with Gasteiger partial charge in [-0.3, -0.25) is 4.68 Å². The summed E-state index contributed by atoms with van der Waals surface area (Å²) in [6.07, 6.45) is 1.13. The van der Waals surface area contributed by atoms with Crippen LogP contribution in [0.25, 0.3) is 11.3 Å². The maximum absolute atomic E-state index is 5.92. The number of nitrogens with zero attached hydrogens (tertiary/aromatic N) is 2. The van der Waals surface area contributed by atoms with Gasteiger partial charge in [0.05, 0.1) is 17.8 Å². The van der Waals surface area contributed by atoms with Gasteiger partial charge in [-0.05, 0) is 45.9 Å². The summed E-state index contributed by atoms with van der Waals surface area (Å²) in [5.41, 5.74) is 3.33. The average molecular weight is 261 g/mol. The molecule has 0 saturated carbocycles. The fourth-order valence-electron chi connectivity index (χ4n) is 2.36. The minimum Gasteiger partial charge on any atom is -0.460 e. The summed E-state index contributed by atoms with van der Waals surface area (Å²) in [7, 11) is 0. The molecule has 0 unspecified atom stereocenters. The van der Waals surface area contributed by atoms with Crippen molar-refractivity contribution in [1.29, 1.82) is 0 Å². The molecule has 0 aromatic carbocycles. The Morgan fingerprint density at radius 3 is 2.68 bits per heavy atom. The number of hydrogen-bond donors (Lipinski definition) is 1. The molecule has 0 amide bonds. The number of rotatable bonds is 6. The van der Waals surface area contributed by atoms with Crippen molar-refractivity contribution >= 4 is 0 Å². The number of aryl methyl sites for hydroxylation is 2. The highest BCUT2D eigenvalue weighted by Crippen LogP contribution is 2.28. The standard InChI is InChI=1S/C15H23N3O/c1-5-9-16-10-13-7-8-14(19-13)15-11(3)17-18(6-2)12(15)4/h7-8,16H,5-6,9-10H2,1-4H3. The molecule has 2 heterocycles. The molecule has 0 spiro atoms. The maximum atomic E-state index is 5.92. The molecular formula is C15H23N3O. The van der Waals surface area contributed by atoms with Crippen LogP contribution in [0.2, 0.25) is 0 Å². The molecule has 0 atom stereocenters. The van der Waals surface area contributed by atoms with E-state index in [1.807, 2.05) is 23.7 Å². The van der Waals surface area contributed by atoms with Crippen molar-refractivity contribution in [3.05, 3.63) is 29.3 Å². The van der Waals surface area contributed by atoms with Crippen LogP contribution in [0.5, 0.6) is 0 Å². The molecule has 4 heteroatoms. The van der Waals surface area contributed by atoms with Crippen LogP contribution in [0.4, 0.5) is 0 Å². The smallest absolute Gasteiger partial charge is 0.138 e. The lowest BCUT2D eigenvalue weighted by molar-refractivity contribution is 0.493. The SMILES string of the molecule is CCCNCc1ccc(-c2c(C)nn(CC)c2C)o1. The Bertz CT molecular complexity index is 540. The van der Waals surface area contributed by atoms with Crippen molar-refractivity contribution in [2.75, 3.05) is 6.54 Å². The van der Waals surface area contributed by atoms with Crippen molar-refractivity contribution in [3.8, 4) is 11.3 Å². The van der Waals surface area contributed by atoms with Crippen molar-refractivity contribution in [3.63, 3.8) is 0 Å². The van der Waals surface area contributed by atoms with Crippen LogP contribution < -0.4 is 5.32 Å². The summed E-state index contributed by atoms with van der Waals surface area (Å²) in [5, 5.41) is 7.88. The zero-order valence-corrected chi connectivity index (χ0v) is 12.3. The molecule has 104 valence electrons. The average Bonchev–Trinajstić information content (AvgIpc) is 2.94. The van der Waals surface area contributed by atoms with E-state index in [-0.39, 0.29) is 0 Å². The molecule has 0 aliphatic rings. The third-order valence-corrected chi connectivity index (χ3v) is 3.32. The van der Waals surface area contributed by atoms with Gasteiger partial charge in [0, 0.05) is 12.2 Å². The van der Waals surface area contributed by atoms with Crippen LogP contribution in [0.15, 0.2) is 16.5 Å². The van der Waals surface area contributed by atoms with Gasteiger partial charge in [-0.1, -0.05) is 6.92 Å². The number of furan rings is 1. The zero-order chi connectivity index (χ0) is 13.8. The van der Waals surface area contributed by atoms with Gasteiger partial charge in [0.25, 0.3) is 0 Å². The Balaban J connectivity index is 2.20. The Morgan fingerprint density at radius 2 is 2.05 bits per heavy atom. The second kappa shape index (κ2) is 6.06. The molecule has 0 saturated heterocycles. The van der Waals surface area contributed by atoms with Crippen LogP contribution in [-0.4, -0.2) is 16.3 Å². The minimum absolute atomic E-state index is 0.786. The van der Waals surface area contributed by atoms with E-state index in [9.17, 15) is 0 Å². The van der Waals surface area contributed by atoms with E-state index >= 15 is 0 Å². The summed E-state index contributed by atoms with van der Waals surface area (Å²) in [6.45, 7) is 11.1. The summed E-state index contributed by atoms with van der Waals surface area (Å²) < 4.78 is 7.94. The van der Waals surface area contributed by atoms with Crippen LogP contribution >= 0.6 is 0 Å². The minimum atomic E-state index is 0.786. The molecule has 0 radical (unpaired) electrons. The molecule has 0 aliphatic heterocycles. The first-order valence-electron chi connectivity index (χ1n) is 7.01. The van der Waals surface area contributed by atoms with E-state index in [0.717, 1.165) is 48.8 Å². The lowest BCUT2D eigenvalue weighted by Crippen LogP contribution is -2.12. The fraction of sp³-hybridized carbons (Fsp3) is 0.533. The van der Waals surface area contributed by atoms with Crippen molar-refractivity contribution in [1.82, 2.24) is 15.1 Å². The lowest BCUT2D eigenvalue weighted by atomic mass is 10.1. The largest absolute Gasteiger partial charge is 0.460 e. The molecule has 1 N–H and O–H groups in total. The molecule has 2 aromatic rings. The predicted molar refractivity (Wildman–Crippen MR) is 77.1 cm³/mol. The third kappa shape index (κ3) is 2.89. The molecule has 19 heavy (non-hydrogen) atoms. The normalized spacial score (nSPS) is 11.2. The van der Waals surface area contributed by atoms with E-state index < -0.39 is 0 Å². The molecule has 2 rings (SSSR count). The van der Waals surface area contributed by atoms with E-state index in [0.29, 0.717) is 0 Å². The van der Waals surface area contributed by atoms with E-state index in [1.165, 1.54) is 5.69 Å². The van der Waals surface area contributed by atoms with Crippen molar-refractivity contribution < 1.29 is 4.42 Å². The first-order chi connectivity index (χ1) is 9.17. The number of nitrogens with one attached hydrogen (secondary N) is 1. The summed E-state index contributed by atoms with van der Waals surface area (Å²) >= 11 is 0. The number of aromatic nitrogens is 2. The summed E-state index contributed by atoms with van der Waals surface area (Å²) in [5.74, 6) is 1.90. The first kappa shape index (κ1) is 13.9. The molecular weight excluding hydrogens is 238 g/mol. The Hall–Kier alpha value is -1.55. The van der Waals surface area contributed by atoms with Crippen LogP contribution in [0.3, 0.4) is 0 Å². The van der Waals surface area contributed by atoms with E-state index in [2.05, 4.69) is 31.2 Å². The van der Waals surface area contributed by atoms with Gasteiger partial charge < -0.3 is 9.73 Å². The summed E-state index contributed by atoms with van der Waals surface area (Å²) in [6, 6.07) is 4.08. The Morgan fingerprint density at radius 1 is 1.26 bits per heavy atom. The highest BCUT2D eigenvalue weighted by atomic mass is 16.3. The van der Waals surface area contributed by atoms with Gasteiger partial charge in [0.15, 0.2) is 0 Å². The lowest BCUT2D eigenvalue weighted by Gasteiger charge is -2.01. The van der Waals surface area contributed by atoms with E-state index in [4.69, 9.17) is 4.42 Å². The maximum Gasteiger partial charge on any atom is 0.138 e. The molecule has 4 nitrogen and oxygen atoms in total. The fourth-order valence-corrected chi connectivity index (χ4v) is 2.36. The van der Waals surface area contributed by atoms with Gasteiger partial charge in [-0.15, -0.1) is 0 Å². The Kier molecular flexibility index (Phi) is 4.43. The quantitative estimate of drug-likeness (QED) is 0.811. The molecule has 0 bridgehead atoms. The molecule has 2 aromatic heterocycles. The second-order valence-corrected chi connectivity index (χ2v) is 4.80. The monoisotopic (exact) mass is 261 g/mol. The zero-order valence-electron chi connectivity index (χ0n) is 12.3. The van der Waals surface area contributed by atoms with Crippen LogP contribution in [0, 0.1) is 13.8 Å². The van der Waals surface area contributed by atoms with E-state index in [1.54, 1.807) is 0 Å². The molecule has 0 fully saturated rings. The topological polar surface area (TPSA) is 43.0 Å². The van der Waals surface area contributed by atoms with Gasteiger partial charge in [-0.2, -0.15) is 5.10 Å². The van der Waals surface area contributed by atoms with Gasteiger partial charge in [-0.25, -0.2) is 0 Å². The first-order valence-corrected chi connectivity index (χ1v) is 7.01. The van der Waals surface area contributed by atoms with Crippen LogP contribution in [0.1, 0.15) is 37.4 Å². The predicted octanol–water partition coefficient (Wildman–Crippen LogP) is 3.28.